The van der Waals surface area contributed by atoms with Crippen LogP contribution in [0.15, 0.2) is 17.3 Å². The van der Waals surface area contributed by atoms with Gasteiger partial charge in [0.1, 0.15) is 0 Å². The van der Waals surface area contributed by atoms with E-state index < -0.39 is 10.0 Å². The van der Waals surface area contributed by atoms with E-state index in [2.05, 4.69) is 14.9 Å². The summed E-state index contributed by atoms with van der Waals surface area (Å²) in [6.07, 6.45) is 2.31. The molecule has 16 heavy (non-hydrogen) atoms. The van der Waals surface area contributed by atoms with E-state index in [9.17, 15) is 8.42 Å². The normalized spacial score (nSPS) is 23.4. The molecule has 7 heteroatoms. The molecule has 0 amide bonds. The number of nitrogens with one attached hydrogen (secondary N) is 2. The summed E-state index contributed by atoms with van der Waals surface area (Å²) in [6.45, 7) is 3.18. The van der Waals surface area contributed by atoms with E-state index in [0.29, 0.717) is 13.2 Å². The zero-order valence-corrected chi connectivity index (χ0v) is 9.83. The number of H-pyrrole nitrogens is 1. The van der Waals surface area contributed by atoms with Crippen LogP contribution in [0.4, 0.5) is 0 Å². The van der Waals surface area contributed by atoms with Crippen LogP contribution in [0, 0.1) is 5.92 Å². The Morgan fingerprint density at radius 2 is 2.50 bits per heavy atom. The molecule has 1 aliphatic heterocycles. The minimum atomic E-state index is -3.48. The fraction of sp³-hybridized carbons (Fsp3) is 0.667. The van der Waals surface area contributed by atoms with Gasteiger partial charge in [-0.05, 0) is 19.4 Å². The van der Waals surface area contributed by atoms with Crippen LogP contribution in [0.1, 0.15) is 13.3 Å². The number of aromatic nitrogens is 2. The standard InChI is InChI=1S/C9H15N3O3S/c1-7(8-3-5-15-6-8)12-16(13,14)9-2-4-10-11-9/h2,4,7-8,12H,3,5-6H2,1H3,(H,10,11). The first-order valence-electron chi connectivity index (χ1n) is 5.19. The Bertz CT molecular complexity index is 423. The van der Waals surface area contributed by atoms with E-state index in [-0.39, 0.29) is 17.0 Å². The molecule has 6 nitrogen and oxygen atoms in total. The number of ether oxygens (including phenoxy) is 1. The van der Waals surface area contributed by atoms with Crippen molar-refractivity contribution < 1.29 is 13.2 Å². The average molecular weight is 245 g/mol. The Hall–Kier alpha value is -0.920. The highest BCUT2D eigenvalue weighted by Gasteiger charge is 2.27. The third-order valence-corrected chi connectivity index (χ3v) is 4.27. The van der Waals surface area contributed by atoms with Crippen LogP contribution in [0.25, 0.3) is 0 Å². The van der Waals surface area contributed by atoms with Crippen molar-refractivity contribution in [2.24, 2.45) is 5.92 Å². The summed E-state index contributed by atoms with van der Waals surface area (Å²) < 4.78 is 31.5. The lowest BCUT2D eigenvalue weighted by atomic mass is 10.0. The molecule has 2 N–H and O–H groups in total. The second-order valence-electron chi connectivity index (χ2n) is 3.95. The van der Waals surface area contributed by atoms with Crippen molar-refractivity contribution in [2.75, 3.05) is 13.2 Å². The predicted octanol–water partition coefficient (Wildman–Crippen LogP) is 0.113. The molecule has 0 bridgehead atoms. The van der Waals surface area contributed by atoms with E-state index in [1.54, 1.807) is 0 Å². The number of sulfonamides is 1. The molecule has 0 saturated carbocycles. The van der Waals surface area contributed by atoms with Gasteiger partial charge in [-0.2, -0.15) is 5.10 Å². The summed E-state index contributed by atoms with van der Waals surface area (Å²) in [4.78, 5) is 0. The third-order valence-electron chi connectivity index (χ3n) is 2.78. The van der Waals surface area contributed by atoms with Crippen molar-refractivity contribution in [2.45, 2.75) is 24.4 Å². The predicted molar refractivity (Wildman–Crippen MR) is 57.3 cm³/mol. The Labute approximate surface area is 94.4 Å². The second kappa shape index (κ2) is 4.52. The summed E-state index contributed by atoms with van der Waals surface area (Å²) in [7, 11) is -3.48. The number of aromatic amines is 1. The Morgan fingerprint density at radius 1 is 1.69 bits per heavy atom. The highest BCUT2D eigenvalue weighted by molar-refractivity contribution is 7.89. The van der Waals surface area contributed by atoms with Gasteiger partial charge in [0.15, 0.2) is 5.03 Å². The molecule has 0 spiro atoms. The minimum absolute atomic E-state index is 0.0956. The van der Waals surface area contributed by atoms with Crippen molar-refractivity contribution in [1.82, 2.24) is 14.9 Å². The van der Waals surface area contributed by atoms with Crippen LogP contribution in [-0.4, -0.2) is 37.9 Å². The van der Waals surface area contributed by atoms with Gasteiger partial charge in [0.05, 0.1) is 12.8 Å². The molecule has 1 aromatic heterocycles. The molecule has 90 valence electrons. The zero-order valence-electron chi connectivity index (χ0n) is 9.01. The topological polar surface area (TPSA) is 84.1 Å². The van der Waals surface area contributed by atoms with Crippen LogP contribution in [0.2, 0.25) is 0 Å². The van der Waals surface area contributed by atoms with Crippen molar-refractivity contribution >= 4 is 10.0 Å². The van der Waals surface area contributed by atoms with Crippen molar-refractivity contribution in [3.05, 3.63) is 12.3 Å². The molecule has 0 radical (unpaired) electrons. The minimum Gasteiger partial charge on any atom is -0.381 e. The molecule has 0 aromatic carbocycles. The van der Waals surface area contributed by atoms with Gasteiger partial charge >= 0.3 is 0 Å². The first kappa shape index (κ1) is 11.6. The first-order chi connectivity index (χ1) is 7.59. The molecule has 2 rings (SSSR count). The van der Waals surface area contributed by atoms with E-state index in [0.717, 1.165) is 6.42 Å². The average Bonchev–Trinajstić information content (AvgIpc) is 2.91. The summed E-state index contributed by atoms with van der Waals surface area (Å²) >= 11 is 0. The molecule has 1 aromatic rings. The van der Waals surface area contributed by atoms with Gasteiger partial charge < -0.3 is 4.74 Å². The van der Waals surface area contributed by atoms with Crippen LogP contribution < -0.4 is 4.72 Å². The largest absolute Gasteiger partial charge is 0.381 e. The highest BCUT2D eigenvalue weighted by Crippen LogP contribution is 2.17. The summed E-state index contributed by atoms with van der Waals surface area (Å²) in [5, 5.41) is 6.16. The van der Waals surface area contributed by atoms with E-state index >= 15 is 0 Å². The second-order valence-corrected chi connectivity index (χ2v) is 5.64. The zero-order chi connectivity index (χ0) is 11.6. The quantitative estimate of drug-likeness (QED) is 0.788. The van der Waals surface area contributed by atoms with Crippen LogP contribution in [0.5, 0.6) is 0 Å². The van der Waals surface area contributed by atoms with Crippen LogP contribution in [-0.2, 0) is 14.8 Å². The lowest BCUT2D eigenvalue weighted by Gasteiger charge is -2.18. The van der Waals surface area contributed by atoms with E-state index in [1.807, 2.05) is 6.92 Å². The van der Waals surface area contributed by atoms with Gasteiger partial charge in [-0.25, -0.2) is 13.1 Å². The maximum absolute atomic E-state index is 11.8. The maximum atomic E-state index is 11.8. The molecular weight excluding hydrogens is 230 g/mol. The molecule has 2 atom stereocenters. The number of hydrogen-bond acceptors (Lipinski definition) is 4. The Morgan fingerprint density at radius 3 is 3.06 bits per heavy atom. The fourth-order valence-electron chi connectivity index (χ4n) is 1.74. The summed E-state index contributed by atoms with van der Waals surface area (Å²) in [5.74, 6) is 0.248. The van der Waals surface area contributed by atoms with Gasteiger partial charge in [0, 0.05) is 18.6 Å². The lowest BCUT2D eigenvalue weighted by molar-refractivity contribution is 0.180. The van der Waals surface area contributed by atoms with E-state index in [1.165, 1.54) is 12.3 Å². The van der Waals surface area contributed by atoms with Gasteiger partial charge in [0.25, 0.3) is 10.0 Å². The van der Waals surface area contributed by atoms with Crippen molar-refractivity contribution in [3.8, 4) is 0 Å². The van der Waals surface area contributed by atoms with Gasteiger partial charge in [0.2, 0.25) is 0 Å². The summed E-state index contributed by atoms with van der Waals surface area (Å²) in [6, 6.07) is 1.30. The molecular formula is C9H15N3O3S. The smallest absolute Gasteiger partial charge is 0.257 e. The monoisotopic (exact) mass is 245 g/mol. The fourth-order valence-corrected chi connectivity index (χ4v) is 2.97. The van der Waals surface area contributed by atoms with Gasteiger partial charge in [-0.3, -0.25) is 5.10 Å². The van der Waals surface area contributed by atoms with Crippen LogP contribution >= 0.6 is 0 Å². The number of rotatable bonds is 4. The van der Waals surface area contributed by atoms with Crippen LogP contribution in [0.3, 0.4) is 0 Å². The van der Waals surface area contributed by atoms with Gasteiger partial charge in [-0.15, -0.1) is 0 Å². The van der Waals surface area contributed by atoms with Gasteiger partial charge in [-0.1, -0.05) is 0 Å². The van der Waals surface area contributed by atoms with Crippen molar-refractivity contribution in [3.63, 3.8) is 0 Å². The first-order valence-corrected chi connectivity index (χ1v) is 6.67. The highest BCUT2D eigenvalue weighted by atomic mass is 32.2. The van der Waals surface area contributed by atoms with Crippen molar-refractivity contribution in [1.29, 1.82) is 0 Å². The molecule has 1 aliphatic rings. The number of nitrogens with zero attached hydrogens (tertiary/aromatic N) is 1. The Balaban J connectivity index is 2.03. The molecule has 0 aliphatic carbocycles. The SMILES string of the molecule is CC(NS(=O)(=O)c1ccn[nH]1)C1CCOC1. The lowest BCUT2D eigenvalue weighted by Crippen LogP contribution is -2.38. The molecule has 2 unspecified atom stereocenters. The summed E-state index contributed by atoms with van der Waals surface area (Å²) in [5.41, 5.74) is 0. The molecule has 1 fully saturated rings. The van der Waals surface area contributed by atoms with E-state index in [4.69, 9.17) is 4.74 Å². The molecule has 1 saturated heterocycles. The molecule has 2 heterocycles. The Kier molecular flexibility index (Phi) is 3.27. The third kappa shape index (κ3) is 2.42. The maximum Gasteiger partial charge on any atom is 0.257 e. The number of hydrogen-bond donors (Lipinski definition) is 2.